The Balaban J connectivity index is 2.59. The van der Waals surface area contributed by atoms with Crippen LogP contribution in [0.3, 0.4) is 0 Å². The van der Waals surface area contributed by atoms with Gasteiger partial charge in [0.1, 0.15) is 0 Å². The molecule has 0 aromatic carbocycles. The van der Waals surface area contributed by atoms with E-state index in [4.69, 9.17) is 4.42 Å². The van der Waals surface area contributed by atoms with E-state index in [1.165, 1.54) is 12.5 Å². The summed E-state index contributed by atoms with van der Waals surface area (Å²) in [6, 6.07) is 1.74. The van der Waals surface area contributed by atoms with Crippen LogP contribution in [-0.2, 0) is 0 Å². The topological polar surface area (TPSA) is 58.9 Å². The first-order chi connectivity index (χ1) is 6.68. The van der Waals surface area contributed by atoms with Gasteiger partial charge in [0.25, 0.3) is 5.56 Å². The summed E-state index contributed by atoms with van der Waals surface area (Å²) in [5.41, 5.74) is -0.168. The fourth-order valence-electron chi connectivity index (χ4n) is 0.957. The van der Waals surface area contributed by atoms with Gasteiger partial charge in [0.05, 0.1) is 14.3 Å². The van der Waals surface area contributed by atoms with Crippen LogP contribution >= 0.6 is 38.5 Å². The van der Waals surface area contributed by atoms with Crippen LogP contribution in [0.1, 0.15) is 0 Å². The molecule has 2 rings (SSSR count). The standard InChI is InChI=1S/C8H4BrIN2O2/c9-4-1-2-14-6(4)7-11-3-5(10)8(13)12-7/h1-3H,(H,11,12,13). The van der Waals surface area contributed by atoms with Crippen LogP contribution in [0.15, 0.2) is 32.2 Å². The summed E-state index contributed by atoms with van der Waals surface area (Å²) in [6.07, 6.45) is 3.03. The first-order valence-corrected chi connectivity index (χ1v) is 5.54. The van der Waals surface area contributed by atoms with Gasteiger partial charge in [-0.3, -0.25) is 4.79 Å². The highest BCUT2D eigenvalue weighted by Gasteiger charge is 2.09. The molecule has 14 heavy (non-hydrogen) atoms. The van der Waals surface area contributed by atoms with Crippen molar-refractivity contribution in [3.8, 4) is 11.6 Å². The molecule has 0 aliphatic rings. The lowest BCUT2D eigenvalue weighted by Crippen LogP contribution is -2.11. The Labute approximate surface area is 101 Å². The highest BCUT2D eigenvalue weighted by molar-refractivity contribution is 14.1. The van der Waals surface area contributed by atoms with Crippen molar-refractivity contribution in [2.24, 2.45) is 0 Å². The quantitative estimate of drug-likeness (QED) is 0.788. The Bertz CT molecular complexity index is 520. The number of hydrogen-bond donors (Lipinski definition) is 1. The van der Waals surface area contributed by atoms with E-state index in [2.05, 4.69) is 25.9 Å². The van der Waals surface area contributed by atoms with Crippen molar-refractivity contribution >= 4 is 38.5 Å². The maximum Gasteiger partial charge on any atom is 0.264 e. The van der Waals surface area contributed by atoms with Gasteiger partial charge in [-0.05, 0) is 44.6 Å². The molecule has 4 nitrogen and oxygen atoms in total. The van der Waals surface area contributed by atoms with Crippen molar-refractivity contribution in [3.63, 3.8) is 0 Å². The van der Waals surface area contributed by atoms with Crippen LogP contribution in [0.5, 0.6) is 0 Å². The van der Waals surface area contributed by atoms with Crippen molar-refractivity contribution in [3.05, 3.63) is 36.9 Å². The van der Waals surface area contributed by atoms with E-state index in [-0.39, 0.29) is 5.56 Å². The highest BCUT2D eigenvalue weighted by Crippen LogP contribution is 2.25. The lowest BCUT2D eigenvalue weighted by atomic mass is 10.4. The second-order valence-corrected chi connectivity index (χ2v) is 4.52. The van der Waals surface area contributed by atoms with Crippen LogP contribution in [0, 0.1) is 3.57 Å². The fourth-order valence-corrected chi connectivity index (χ4v) is 1.62. The normalized spacial score (nSPS) is 10.4. The number of furan rings is 1. The zero-order valence-corrected chi connectivity index (χ0v) is 10.5. The Morgan fingerprint density at radius 3 is 2.93 bits per heavy atom. The van der Waals surface area contributed by atoms with E-state index >= 15 is 0 Å². The SMILES string of the molecule is O=c1[nH]c(-c2occc2Br)ncc1I. The summed E-state index contributed by atoms with van der Waals surface area (Å²) in [5.74, 6) is 0.950. The van der Waals surface area contributed by atoms with E-state index in [0.29, 0.717) is 15.2 Å². The molecule has 0 amide bonds. The maximum atomic E-state index is 11.3. The van der Waals surface area contributed by atoms with Crippen molar-refractivity contribution in [2.45, 2.75) is 0 Å². The van der Waals surface area contributed by atoms with Crippen molar-refractivity contribution in [1.29, 1.82) is 0 Å². The molecule has 0 unspecified atom stereocenters. The fraction of sp³-hybridized carbons (Fsp3) is 0. The molecule has 0 atom stereocenters. The summed E-state index contributed by atoms with van der Waals surface area (Å²) >= 11 is 5.21. The number of aromatic amines is 1. The lowest BCUT2D eigenvalue weighted by Gasteiger charge is -1.96. The van der Waals surface area contributed by atoms with Crippen LogP contribution in [0.4, 0.5) is 0 Å². The second kappa shape index (κ2) is 3.85. The molecule has 0 bridgehead atoms. The molecule has 0 radical (unpaired) electrons. The summed E-state index contributed by atoms with van der Waals surface area (Å²) < 4.78 is 6.48. The van der Waals surface area contributed by atoms with Crippen LogP contribution in [-0.4, -0.2) is 9.97 Å². The van der Waals surface area contributed by atoms with Gasteiger partial charge in [0.2, 0.25) is 0 Å². The number of nitrogens with one attached hydrogen (secondary N) is 1. The number of aromatic nitrogens is 2. The van der Waals surface area contributed by atoms with Gasteiger partial charge in [-0.2, -0.15) is 0 Å². The van der Waals surface area contributed by atoms with Crippen LogP contribution < -0.4 is 5.56 Å². The minimum atomic E-state index is -0.168. The number of halogens is 2. The first-order valence-electron chi connectivity index (χ1n) is 3.66. The Morgan fingerprint density at radius 2 is 2.36 bits per heavy atom. The van der Waals surface area contributed by atoms with Crippen LogP contribution in [0.25, 0.3) is 11.6 Å². The molecule has 6 heteroatoms. The van der Waals surface area contributed by atoms with Gasteiger partial charge in [-0.1, -0.05) is 0 Å². The highest BCUT2D eigenvalue weighted by atomic mass is 127. The monoisotopic (exact) mass is 366 g/mol. The van der Waals surface area contributed by atoms with E-state index in [9.17, 15) is 4.79 Å². The molecule has 1 N–H and O–H groups in total. The van der Waals surface area contributed by atoms with Gasteiger partial charge < -0.3 is 9.40 Å². The number of nitrogens with zero attached hydrogens (tertiary/aromatic N) is 1. The van der Waals surface area contributed by atoms with Gasteiger partial charge in [-0.15, -0.1) is 0 Å². The summed E-state index contributed by atoms with van der Waals surface area (Å²) in [7, 11) is 0. The molecular formula is C8H4BrIN2O2. The van der Waals surface area contributed by atoms with Crippen LogP contribution in [0.2, 0.25) is 0 Å². The molecule has 0 saturated heterocycles. The van der Waals surface area contributed by atoms with Crippen molar-refractivity contribution in [1.82, 2.24) is 9.97 Å². The molecule has 72 valence electrons. The molecule has 0 aliphatic carbocycles. The smallest absolute Gasteiger partial charge is 0.264 e. The summed E-state index contributed by atoms with van der Waals surface area (Å²) in [5, 5.41) is 0. The van der Waals surface area contributed by atoms with Gasteiger partial charge in [-0.25, -0.2) is 4.98 Å². The van der Waals surface area contributed by atoms with Gasteiger partial charge in [0, 0.05) is 6.20 Å². The molecule has 0 saturated carbocycles. The zero-order chi connectivity index (χ0) is 10.1. The number of hydrogen-bond acceptors (Lipinski definition) is 3. The average molecular weight is 367 g/mol. The Morgan fingerprint density at radius 1 is 1.57 bits per heavy atom. The lowest BCUT2D eigenvalue weighted by molar-refractivity contribution is 0.575. The molecular weight excluding hydrogens is 363 g/mol. The van der Waals surface area contributed by atoms with Gasteiger partial charge >= 0.3 is 0 Å². The van der Waals surface area contributed by atoms with E-state index < -0.39 is 0 Å². The van der Waals surface area contributed by atoms with Crippen molar-refractivity contribution < 1.29 is 4.42 Å². The third-order valence-electron chi connectivity index (χ3n) is 1.59. The molecule has 2 aromatic rings. The molecule has 0 aliphatic heterocycles. The Hall–Kier alpha value is -0.630. The summed E-state index contributed by atoms with van der Waals surface area (Å²) in [4.78, 5) is 18.0. The third kappa shape index (κ3) is 1.76. The third-order valence-corrected chi connectivity index (χ3v) is 2.98. The van der Waals surface area contributed by atoms with E-state index in [1.807, 2.05) is 22.6 Å². The minimum absolute atomic E-state index is 0.168. The largest absolute Gasteiger partial charge is 0.460 e. The number of H-pyrrole nitrogens is 1. The van der Waals surface area contributed by atoms with E-state index in [1.54, 1.807) is 6.07 Å². The van der Waals surface area contributed by atoms with Crippen molar-refractivity contribution in [2.75, 3.05) is 0 Å². The Kier molecular flexibility index (Phi) is 2.73. The zero-order valence-electron chi connectivity index (χ0n) is 6.75. The van der Waals surface area contributed by atoms with E-state index in [0.717, 1.165) is 4.47 Å². The maximum absolute atomic E-state index is 11.3. The predicted octanol–water partition coefficient (Wildman–Crippen LogP) is 2.40. The van der Waals surface area contributed by atoms with Gasteiger partial charge in [0.15, 0.2) is 11.6 Å². The first kappa shape index (κ1) is 9.91. The molecule has 2 heterocycles. The molecule has 0 fully saturated rings. The number of rotatable bonds is 1. The molecule has 0 spiro atoms. The average Bonchev–Trinajstić information content (AvgIpc) is 2.57. The second-order valence-electron chi connectivity index (χ2n) is 2.51. The predicted molar refractivity (Wildman–Crippen MR) is 63.0 cm³/mol. The minimum Gasteiger partial charge on any atom is -0.460 e. The molecule has 2 aromatic heterocycles. The summed E-state index contributed by atoms with van der Waals surface area (Å²) in [6.45, 7) is 0.